The maximum Gasteiger partial charge on any atom is 0.162 e. The second-order valence-corrected chi connectivity index (χ2v) is 5.38. The van der Waals surface area contributed by atoms with Crippen molar-refractivity contribution in [3.63, 3.8) is 0 Å². The summed E-state index contributed by atoms with van der Waals surface area (Å²) >= 11 is 3.55. The van der Waals surface area contributed by atoms with E-state index in [1.54, 1.807) is 4.52 Å². The highest BCUT2D eigenvalue weighted by Crippen LogP contribution is 2.33. The van der Waals surface area contributed by atoms with Crippen molar-refractivity contribution in [1.82, 2.24) is 14.6 Å². The smallest absolute Gasteiger partial charge is 0.162 e. The van der Waals surface area contributed by atoms with Crippen molar-refractivity contribution in [1.29, 1.82) is 0 Å². The summed E-state index contributed by atoms with van der Waals surface area (Å²) in [5.41, 5.74) is 8.15. The molecule has 0 saturated carbocycles. The number of aryl methyl sites for hydroxylation is 1. The molecule has 0 bridgehead atoms. The molecule has 0 atom stereocenters. The molecule has 0 spiro atoms. The lowest BCUT2D eigenvalue weighted by Crippen LogP contribution is -2.21. The Bertz CT molecular complexity index is 587. The molecule has 2 aromatic heterocycles. The Morgan fingerprint density at radius 2 is 1.95 bits per heavy atom. The van der Waals surface area contributed by atoms with E-state index in [4.69, 9.17) is 10.7 Å². The molecule has 3 rings (SSSR count). The average Bonchev–Trinajstić information content (AvgIpc) is 3.13. The van der Waals surface area contributed by atoms with E-state index in [1.807, 2.05) is 20.0 Å². The quantitative estimate of drug-likeness (QED) is 0.912. The number of anilines is 2. The minimum absolute atomic E-state index is 0.626. The average molecular weight is 340 g/mol. The number of rotatable bonds is 2. The highest BCUT2D eigenvalue weighted by atomic mass is 79.9. The van der Waals surface area contributed by atoms with Crippen LogP contribution in [0.3, 0.4) is 0 Å². The van der Waals surface area contributed by atoms with Crippen molar-refractivity contribution >= 4 is 33.2 Å². The number of fused-ring (bicyclic) bond motifs is 1. The van der Waals surface area contributed by atoms with Crippen LogP contribution in [0.2, 0.25) is 0 Å². The first-order chi connectivity index (χ1) is 9.72. The minimum atomic E-state index is 0.626. The zero-order chi connectivity index (χ0) is 14.7. The molecule has 1 aliphatic rings. The fraction of sp³-hybridized carbons (Fsp3) is 0.571. The molecule has 1 saturated heterocycles. The Morgan fingerprint density at radius 3 is 2.55 bits per heavy atom. The summed E-state index contributed by atoms with van der Waals surface area (Å²) in [5, 5.41) is 4.30. The Kier molecular flexibility index (Phi) is 4.86. The molecule has 0 radical (unpaired) electrons. The Hall–Kier alpha value is -1.30. The standard InChI is InChI=1S/C12H16BrN5.C2H6/c1-2-8-7-15-18-10(14)9(13)12(16-11(8)18)17-5-3-4-6-17;1-2/h7H,2-6,14H2,1H3;1-2H3. The van der Waals surface area contributed by atoms with Gasteiger partial charge in [-0.1, -0.05) is 20.8 Å². The van der Waals surface area contributed by atoms with Gasteiger partial charge < -0.3 is 10.6 Å². The van der Waals surface area contributed by atoms with E-state index in [0.717, 1.165) is 41.0 Å². The van der Waals surface area contributed by atoms with E-state index < -0.39 is 0 Å². The van der Waals surface area contributed by atoms with E-state index >= 15 is 0 Å². The second kappa shape index (κ2) is 6.43. The summed E-state index contributed by atoms with van der Waals surface area (Å²) in [6, 6.07) is 0. The summed E-state index contributed by atoms with van der Waals surface area (Å²) in [5.74, 6) is 1.58. The number of hydrogen-bond acceptors (Lipinski definition) is 4. The van der Waals surface area contributed by atoms with Gasteiger partial charge in [0.2, 0.25) is 0 Å². The molecule has 0 aliphatic carbocycles. The predicted molar refractivity (Wildman–Crippen MR) is 87.3 cm³/mol. The van der Waals surface area contributed by atoms with E-state index in [9.17, 15) is 0 Å². The lowest BCUT2D eigenvalue weighted by Gasteiger charge is -2.19. The fourth-order valence-corrected chi connectivity index (χ4v) is 2.92. The molecule has 1 fully saturated rings. The molecule has 110 valence electrons. The van der Waals surface area contributed by atoms with Gasteiger partial charge in [-0.2, -0.15) is 9.61 Å². The van der Waals surface area contributed by atoms with Crippen molar-refractivity contribution < 1.29 is 0 Å². The normalized spacial score (nSPS) is 14.5. The number of aromatic nitrogens is 3. The Balaban J connectivity index is 0.000000704. The Morgan fingerprint density at radius 1 is 1.30 bits per heavy atom. The predicted octanol–water partition coefficient (Wildman–Crippen LogP) is 3.26. The van der Waals surface area contributed by atoms with Crippen LogP contribution in [0.15, 0.2) is 10.7 Å². The Labute approximate surface area is 128 Å². The third-order valence-electron chi connectivity index (χ3n) is 3.46. The molecule has 5 nitrogen and oxygen atoms in total. The van der Waals surface area contributed by atoms with Gasteiger partial charge in [0.25, 0.3) is 0 Å². The first-order valence-electron chi connectivity index (χ1n) is 7.29. The van der Waals surface area contributed by atoms with Crippen molar-refractivity contribution in [2.75, 3.05) is 23.7 Å². The van der Waals surface area contributed by atoms with Crippen molar-refractivity contribution in [2.45, 2.75) is 40.0 Å². The van der Waals surface area contributed by atoms with Crippen LogP contribution >= 0.6 is 15.9 Å². The van der Waals surface area contributed by atoms with Crippen LogP contribution in [-0.2, 0) is 6.42 Å². The zero-order valence-electron chi connectivity index (χ0n) is 12.4. The summed E-state index contributed by atoms with van der Waals surface area (Å²) in [6.45, 7) is 8.21. The summed E-state index contributed by atoms with van der Waals surface area (Å²) in [7, 11) is 0. The van der Waals surface area contributed by atoms with Gasteiger partial charge in [-0.15, -0.1) is 0 Å². The zero-order valence-corrected chi connectivity index (χ0v) is 13.9. The molecule has 20 heavy (non-hydrogen) atoms. The summed E-state index contributed by atoms with van der Waals surface area (Å²) in [6.07, 6.45) is 5.20. The van der Waals surface area contributed by atoms with Crippen LogP contribution in [0.25, 0.3) is 5.65 Å². The van der Waals surface area contributed by atoms with E-state index in [-0.39, 0.29) is 0 Å². The maximum atomic E-state index is 6.14. The second-order valence-electron chi connectivity index (χ2n) is 4.59. The largest absolute Gasteiger partial charge is 0.383 e. The van der Waals surface area contributed by atoms with Gasteiger partial charge in [-0.3, -0.25) is 0 Å². The fourth-order valence-electron chi connectivity index (χ4n) is 2.42. The van der Waals surface area contributed by atoms with Crippen LogP contribution in [-0.4, -0.2) is 27.7 Å². The molecule has 2 N–H and O–H groups in total. The number of halogens is 1. The molecular weight excluding hydrogens is 318 g/mol. The van der Waals surface area contributed by atoms with Gasteiger partial charge in [0, 0.05) is 18.7 Å². The maximum absolute atomic E-state index is 6.14. The lowest BCUT2D eigenvalue weighted by molar-refractivity contribution is 0.898. The van der Waals surface area contributed by atoms with Crippen LogP contribution < -0.4 is 10.6 Å². The van der Waals surface area contributed by atoms with Gasteiger partial charge in [0.15, 0.2) is 5.65 Å². The third-order valence-corrected chi connectivity index (χ3v) is 4.23. The molecule has 0 aromatic carbocycles. The third kappa shape index (κ3) is 2.49. The minimum Gasteiger partial charge on any atom is -0.383 e. The van der Waals surface area contributed by atoms with Gasteiger partial charge in [-0.25, -0.2) is 4.98 Å². The first kappa shape index (κ1) is 15.1. The number of nitrogens with zero attached hydrogens (tertiary/aromatic N) is 4. The van der Waals surface area contributed by atoms with Crippen LogP contribution in [0, 0.1) is 0 Å². The van der Waals surface area contributed by atoms with Crippen LogP contribution in [0.1, 0.15) is 39.2 Å². The van der Waals surface area contributed by atoms with E-state index in [0.29, 0.717) is 5.82 Å². The number of nitrogens with two attached hydrogens (primary N) is 1. The SMILES string of the molecule is CC.CCc1cnn2c(N)c(Br)c(N3CCCC3)nc12. The monoisotopic (exact) mass is 339 g/mol. The molecule has 0 unspecified atom stereocenters. The van der Waals surface area contributed by atoms with E-state index in [2.05, 4.69) is 32.9 Å². The van der Waals surface area contributed by atoms with Crippen molar-refractivity contribution in [3.8, 4) is 0 Å². The van der Waals surface area contributed by atoms with Gasteiger partial charge in [-0.05, 0) is 35.2 Å². The summed E-state index contributed by atoms with van der Waals surface area (Å²) in [4.78, 5) is 7.03. The van der Waals surface area contributed by atoms with E-state index in [1.165, 1.54) is 12.8 Å². The molecular formula is C14H22BrN5. The van der Waals surface area contributed by atoms with Gasteiger partial charge in [0.05, 0.1) is 6.20 Å². The van der Waals surface area contributed by atoms with Gasteiger partial charge in [0.1, 0.15) is 16.1 Å². The molecule has 2 aromatic rings. The van der Waals surface area contributed by atoms with Crippen molar-refractivity contribution in [2.24, 2.45) is 0 Å². The summed E-state index contributed by atoms with van der Waals surface area (Å²) < 4.78 is 2.56. The topological polar surface area (TPSA) is 59.5 Å². The lowest BCUT2D eigenvalue weighted by atomic mass is 10.3. The highest BCUT2D eigenvalue weighted by Gasteiger charge is 2.21. The highest BCUT2D eigenvalue weighted by molar-refractivity contribution is 9.10. The van der Waals surface area contributed by atoms with Crippen LogP contribution in [0.5, 0.6) is 0 Å². The molecule has 0 amide bonds. The molecule has 6 heteroatoms. The van der Waals surface area contributed by atoms with Crippen LogP contribution in [0.4, 0.5) is 11.6 Å². The van der Waals surface area contributed by atoms with Crippen molar-refractivity contribution in [3.05, 3.63) is 16.2 Å². The molecule has 1 aliphatic heterocycles. The first-order valence-corrected chi connectivity index (χ1v) is 8.08. The number of nitrogen functional groups attached to an aromatic ring is 1. The number of hydrogen-bond donors (Lipinski definition) is 1. The molecule has 3 heterocycles. The van der Waals surface area contributed by atoms with Gasteiger partial charge >= 0.3 is 0 Å².